The fourth-order valence-electron chi connectivity index (χ4n) is 3.42. The van der Waals surface area contributed by atoms with Crippen LogP contribution in [0.25, 0.3) is 0 Å². The number of hydrogen-bond donors (Lipinski definition) is 2. The zero-order chi connectivity index (χ0) is 21.7. The first-order valence-electron chi connectivity index (χ1n) is 9.44. The van der Waals surface area contributed by atoms with Gasteiger partial charge in [0, 0.05) is 18.7 Å². The van der Waals surface area contributed by atoms with Crippen molar-refractivity contribution in [3.8, 4) is 17.2 Å². The molecule has 3 rings (SSSR count). The Kier molecular flexibility index (Phi) is 7.23. The van der Waals surface area contributed by atoms with Gasteiger partial charge in [-0.15, -0.1) is 0 Å². The molecule has 160 valence electrons. The van der Waals surface area contributed by atoms with Gasteiger partial charge in [-0.25, -0.2) is 0 Å². The number of nitrogens with one attached hydrogen (secondary N) is 2. The first-order chi connectivity index (χ1) is 14.5. The zero-order valence-electron chi connectivity index (χ0n) is 17.1. The van der Waals surface area contributed by atoms with Gasteiger partial charge in [0.05, 0.1) is 37.7 Å². The van der Waals surface area contributed by atoms with Crippen LogP contribution >= 0.6 is 23.8 Å². The molecule has 2 N–H and O–H groups in total. The Morgan fingerprint density at radius 3 is 2.27 bits per heavy atom. The number of thiocarbonyl (C=S) groups is 1. The summed E-state index contributed by atoms with van der Waals surface area (Å²) >= 11 is 11.8. The predicted octanol–water partition coefficient (Wildman–Crippen LogP) is 4.09. The number of amides is 1. The lowest BCUT2D eigenvalue weighted by Crippen LogP contribution is -2.34. The molecule has 1 saturated heterocycles. The summed E-state index contributed by atoms with van der Waals surface area (Å²) in [6, 6.07) is 8.70. The summed E-state index contributed by atoms with van der Waals surface area (Å²) < 4.78 is 15.9. The Morgan fingerprint density at radius 2 is 1.70 bits per heavy atom. The summed E-state index contributed by atoms with van der Waals surface area (Å²) in [5.74, 6) is 0.766. The van der Waals surface area contributed by atoms with E-state index in [2.05, 4.69) is 15.5 Å². The monoisotopic (exact) mass is 449 g/mol. The third kappa shape index (κ3) is 4.71. The van der Waals surface area contributed by atoms with Gasteiger partial charge in [0.1, 0.15) is 0 Å². The second-order valence-corrected chi connectivity index (χ2v) is 7.47. The predicted molar refractivity (Wildman–Crippen MR) is 123 cm³/mol. The molecule has 1 aliphatic heterocycles. The molecule has 2 aromatic carbocycles. The molecule has 0 radical (unpaired) electrons. The summed E-state index contributed by atoms with van der Waals surface area (Å²) in [6.45, 7) is 1.87. The van der Waals surface area contributed by atoms with Crippen molar-refractivity contribution in [2.75, 3.05) is 44.6 Å². The van der Waals surface area contributed by atoms with Crippen LogP contribution in [0.3, 0.4) is 0 Å². The molecule has 0 aromatic heterocycles. The van der Waals surface area contributed by atoms with Gasteiger partial charge in [0.25, 0.3) is 5.91 Å². The van der Waals surface area contributed by atoms with Gasteiger partial charge in [-0.2, -0.15) is 0 Å². The van der Waals surface area contributed by atoms with Crippen LogP contribution in [0.2, 0.25) is 5.02 Å². The van der Waals surface area contributed by atoms with Gasteiger partial charge in [-0.3, -0.25) is 10.1 Å². The van der Waals surface area contributed by atoms with E-state index in [0.717, 1.165) is 37.3 Å². The van der Waals surface area contributed by atoms with E-state index >= 15 is 0 Å². The number of ether oxygens (including phenoxy) is 3. The van der Waals surface area contributed by atoms with E-state index in [4.69, 9.17) is 38.0 Å². The Hall–Kier alpha value is -2.71. The third-order valence-corrected chi connectivity index (χ3v) is 5.32. The summed E-state index contributed by atoms with van der Waals surface area (Å²) in [5.41, 5.74) is 1.96. The topological polar surface area (TPSA) is 72.1 Å². The van der Waals surface area contributed by atoms with Crippen molar-refractivity contribution in [3.63, 3.8) is 0 Å². The number of rotatable bonds is 6. The summed E-state index contributed by atoms with van der Waals surface area (Å²) in [7, 11) is 4.48. The lowest BCUT2D eigenvalue weighted by atomic mass is 10.1. The fourth-order valence-corrected chi connectivity index (χ4v) is 3.92. The number of benzene rings is 2. The minimum atomic E-state index is -0.406. The molecule has 0 bridgehead atoms. The molecule has 1 fully saturated rings. The van der Waals surface area contributed by atoms with Crippen LogP contribution in [0.15, 0.2) is 30.3 Å². The Labute approximate surface area is 186 Å². The third-order valence-electron chi connectivity index (χ3n) is 4.81. The average Bonchev–Trinajstić information content (AvgIpc) is 3.26. The van der Waals surface area contributed by atoms with Crippen molar-refractivity contribution in [1.82, 2.24) is 5.32 Å². The van der Waals surface area contributed by atoms with E-state index in [1.54, 1.807) is 12.1 Å². The number of hydrogen-bond acceptors (Lipinski definition) is 6. The highest BCUT2D eigenvalue weighted by Crippen LogP contribution is 2.38. The normalized spacial score (nSPS) is 13.0. The zero-order valence-corrected chi connectivity index (χ0v) is 18.7. The maximum Gasteiger partial charge on any atom is 0.257 e. The van der Waals surface area contributed by atoms with Crippen molar-refractivity contribution < 1.29 is 19.0 Å². The minimum Gasteiger partial charge on any atom is -0.493 e. The standard InChI is InChI=1S/C21H24ClN3O4S/c1-27-16-11-13(12-17(28-2)19(16)29-3)20(26)24-21(30)23-15-8-6-7-14(22)18(15)25-9-4-5-10-25/h6-8,11-12H,4-5,9-10H2,1-3H3,(H2,23,24,26,30). The number of para-hydroxylation sites is 1. The van der Waals surface area contributed by atoms with Crippen LogP contribution in [-0.4, -0.2) is 45.4 Å². The quantitative estimate of drug-likeness (QED) is 0.643. The maximum atomic E-state index is 12.8. The lowest BCUT2D eigenvalue weighted by Gasteiger charge is -2.23. The van der Waals surface area contributed by atoms with Crippen molar-refractivity contribution in [1.29, 1.82) is 0 Å². The summed E-state index contributed by atoms with van der Waals surface area (Å²) in [5, 5.41) is 6.59. The number of halogens is 1. The minimum absolute atomic E-state index is 0.163. The van der Waals surface area contributed by atoms with Crippen molar-refractivity contribution in [2.24, 2.45) is 0 Å². The molecular formula is C21H24ClN3O4S. The Morgan fingerprint density at radius 1 is 1.07 bits per heavy atom. The molecule has 0 atom stereocenters. The first kappa shape index (κ1) is 22.0. The fraction of sp³-hybridized carbons (Fsp3) is 0.333. The van der Waals surface area contributed by atoms with E-state index in [9.17, 15) is 4.79 Å². The molecule has 0 unspecified atom stereocenters. The van der Waals surface area contributed by atoms with Gasteiger partial charge >= 0.3 is 0 Å². The van der Waals surface area contributed by atoms with Gasteiger partial charge in [-0.1, -0.05) is 17.7 Å². The highest BCUT2D eigenvalue weighted by molar-refractivity contribution is 7.80. The summed E-state index contributed by atoms with van der Waals surface area (Å²) in [6.07, 6.45) is 2.24. The van der Waals surface area contributed by atoms with E-state index in [0.29, 0.717) is 27.8 Å². The van der Waals surface area contributed by atoms with E-state index in [-0.39, 0.29) is 5.11 Å². The molecule has 9 heteroatoms. The highest BCUT2D eigenvalue weighted by Gasteiger charge is 2.21. The van der Waals surface area contributed by atoms with Crippen LogP contribution in [0.1, 0.15) is 23.2 Å². The van der Waals surface area contributed by atoms with E-state index in [1.807, 2.05) is 18.2 Å². The molecule has 30 heavy (non-hydrogen) atoms. The molecule has 0 aliphatic carbocycles. The van der Waals surface area contributed by atoms with Crippen LogP contribution in [0, 0.1) is 0 Å². The number of carbonyl (C=O) groups is 1. The maximum absolute atomic E-state index is 12.8. The van der Waals surface area contributed by atoms with Gasteiger partial charge < -0.3 is 24.4 Å². The Bertz CT molecular complexity index is 923. The van der Waals surface area contributed by atoms with Crippen LogP contribution in [0.5, 0.6) is 17.2 Å². The van der Waals surface area contributed by atoms with Gasteiger partial charge in [0.15, 0.2) is 16.6 Å². The summed E-state index contributed by atoms with van der Waals surface area (Å²) in [4.78, 5) is 15.0. The first-order valence-corrected chi connectivity index (χ1v) is 10.2. The Balaban J connectivity index is 1.78. The molecule has 0 spiro atoms. The molecule has 7 nitrogen and oxygen atoms in total. The van der Waals surface area contributed by atoms with E-state index in [1.165, 1.54) is 21.3 Å². The van der Waals surface area contributed by atoms with Crippen molar-refractivity contribution in [2.45, 2.75) is 12.8 Å². The van der Waals surface area contributed by atoms with Gasteiger partial charge in [-0.05, 0) is 49.3 Å². The van der Waals surface area contributed by atoms with Crippen LogP contribution in [-0.2, 0) is 0 Å². The molecule has 1 aliphatic rings. The molecular weight excluding hydrogens is 426 g/mol. The van der Waals surface area contributed by atoms with Crippen molar-refractivity contribution >= 4 is 46.2 Å². The highest BCUT2D eigenvalue weighted by atomic mass is 35.5. The number of anilines is 2. The number of nitrogens with zero attached hydrogens (tertiary/aromatic N) is 1. The molecule has 1 heterocycles. The molecule has 0 saturated carbocycles. The SMILES string of the molecule is COc1cc(C(=O)NC(=S)Nc2cccc(Cl)c2N2CCCC2)cc(OC)c1OC. The number of methoxy groups -OCH3 is 3. The average molecular weight is 450 g/mol. The van der Waals surface area contributed by atoms with Crippen LogP contribution in [0.4, 0.5) is 11.4 Å². The van der Waals surface area contributed by atoms with E-state index < -0.39 is 5.91 Å². The largest absolute Gasteiger partial charge is 0.493 e. The smallest absolute Gasteiger partial charge is 0.257 e. The second kappa shape index (κ2) is 9.86. The van der Waals surface area contributed by atoms with Crippen molar-refractivity contribution in [3.05, 3.63) is 40.9 Å². The van der Waals surface area contributed by atoms with Crippen LogP contribution < -0.4 is 29.7 Å². The lowest BCUT2D eigenvalue weighted by molar-refractivity contribution is 0.0977. The molecule has 2 aromatic rings. The second-order valence-electron chi connectivity index (χ2n) is 6.65. The molecule has 1 amide bonds. The number of carbonyl (C=O) groups excluding carboxylic acids is 1. The van der Waals surface area contributed by atoms with Gasteiger partial charge in [0.2, 0.25) is 5.75 Å².